The summed E-state index contributed by atoms with van der Waals surface area (Å²) < 4.78 is 5.62. The maximum absolute atomic E-state index is 11.7. The highest BCUT2D eigenvalue weighted by atomic mass is 16.5. The summed E-state index contributed by atoms with van der Waals surface area (Å²) in [5.74, 6) is -0.0549. The second kappa shape index (κ2) is 8.45. The van der Waals surface area contributed by atoms with Crippen LogP contribution >= 0.6 is 0 Å². The van der Waals surface area contributed by atoms with Crippen LogP contribution in [0.5, 0.6) is 0 Å². The van der Waals surface area contributed by atoms with Crippen molar-refractivity contribution >= 4 is 5.91 Å². The Bertz CT molecular complexity index is 248. The summed E-state index contributed by atoms with van der Waals surface area (Å²) in [6.07, 6.45) is 2.92. The van der Waals surface area contributed by atoms with Gasteiger partial charge in [-0.05, 0) is 13.0 Å². The number of likely N-dealkylation sites (N-methyl/N-ethyl adjacent to an activating group) is 1. The van der Waals surface area contributed by atoms with E-state index >= 15 is 0 Å². The van der Waals surface area contributed by atoms with E-state index in [1.807, 2.05) is 0 Å². The Hall–Kier alpha value is -0.650. The third-order valence-electron chi connectivity index (χ3n) is 3.38. The summed E-state index contributed by atoms with van der Waals surface area (Å²) in [5, 5.41) is 2.89. The molecule has 0 bridgehead atoms. The van der Waals surface area contributed by atoms with Crippen molar-refractivity contribution < 1.29 is 9.53 Å². The molecular weight excluding hydrogens is 230 g/mol. The highest BCUT2D eigenvalue weighted by molar-refractivity contribution is 5.81. The molecule has 5 nitrogen and oxygen atoms in total. The molecule has 1 saturated heterocycles. The zero-order valence-electron chi connectivity index (χ0n) is 11.7. The van der Waals surface area contributed by atoms with Gasteiger partial charge in [0.25, 0.3) is 0 Å². The largest absolute Gasteiger partial charge is 0.374 e. The number of carbonyl (C=O) groups is 1. The van der Waals surface area contributed by atoms with Gasteiger partial charge in [-0.25, -0.2) is 0 Å². The van der Waals surface area contributed by atoms with Crippen molar-refractivity contribution in [3.63, 3.8) is 0 Å². The molecule has 3 N–H and O–H groups in total. The molecule has 1 fully saturated rings. The fourth-order valence-electron chi connectivity index (χ4n) is 2.09. The van der Waals surface area contributed by atoms with Crippen molar-refractivity contribution in [2.24, 2.45) is 5.73 Å². The monoisotopic (exact) mass is 257 g/mol. The van der Waals surface area contributed by atoms with Crippen molar-refractivity contribution in [2.45, 2.75) is 45.3 Å². The maximum Gasteiger partial charge on any atom is 0.237 e. The lowest BCUT2D eigenvalue weighted by Crippen LogP contribution is -2.49. The smallest absolute Gasteiger partial charge is 0.237 e. The van der Waals surface area contributed by atoms with E-state index in [0.29, 0.717) is 6.54 Å². The quantitative estimate of drug-likeness (QED) is 0.690. The molecule has 0 aromatic rings. The van der Waals surface area contributed by atoms with Crippen LogP contribution in [0.25, 0.3) is 0 Å². The second-order valence-electron chi connectivity index (χ2n) is 4.88. The number of carbonyl (C=O) groups excluding carboxylic acids is 1. The molecule has 1 aliphatic heterocycles. The molecule has 1 amide bonds. The van der Waals surface area contributed by atoms with Gasteiger partial charge in [-0.3, -0.25) is 9.69 Å². The van der Waals surface area contributed by atoms with Gasteiger partial charge >= 0.3 is 0 Å². The SMILES string of the molecule is CCCCC(N)C(=O)NCC1CN(CC)CCO1. The number of ether oxygens (including phenoxy) is 1. The van der Waals surface area contributed by atoms with Crippen molar-refractivity contribution in [1.82, 2.24) is 10.2 Å². The molecule has 0 spiro atoms. The van der Waals surface area contributed by atoms with Crippen LogP contribution in [-0.2, 0) is 9.53 Å². The first-order valence-electron chi connectivity index (χ1n) is 7.04. The van der Waals surface area contributed by atoms with Crippen LogP contribution in [0.1, 0.15) is 33.1 Å². The third kappa shape index (κ3) is 5.33. The number of nitrogens with zero attached hydrogens (tertiary/aromatic N) is 1. The van der Waals surface area contributed by atoms with Gasteiger partial charge in [-0.2, -0.15) is 0 Å². The van der Waals surface area contributed by atoms with Gasteiger partial charge in [-0.1, -0.05) is 26.7 Å². The highest BCUT2D eigenvalue weighted by Gasteiger charge is 2.20. The van der Waals surface area contributed by atoms with Crippen molar-refractivity contribution in [3.8, 4) is 0 Å². The standard InChI is InChI=1S/C13H27N3O2/c1-3-5-6-12(14)13(17)15-9-11-10-16(4-2)7-8-18-11/h11-12H,3-10,14H2,1-2H3,(H,15,17). The molecular formula is C13H27N3O2. The zero-order valence-corrected chi connectivity index (χ0v) is 11.7. The predicted molar refractivity (Wildman–Crippen MR) is 72.4 cm³/mol. The first-order chi connectivity index (χ1) is 8.67. The van der Waals surface area contributed by atoms with E-state index in [4.69, 9.17) is 10.5 Å². The third-order valence-corrected chi connectivity index (χ3v) is 3.38. The van der Waals surface area contributed by atoms with Crippen LogP contribution in [0, 0.1) is 0 Å². The van der Waals surface area contributed by atoms with Crippen molar-refractivity contribution in [3.05, 3.63) is 0 Å². The summed E-state index contributed by atoms with van der Waals surface area (Å²) in [5.41, 5.74) is 5.81. The topological polar surface area (TPSA) is 67.6 Å². The van der Waals surface area contributed by atoms with E-state index in [0.717, 1.165) is 45.5 Å². The molecule has 0 aliphatic carbocycles. The van der Waals surface area contributed by atoms with E-state index in [1.165, 1.54) is 0 Å². The summed E-state index contributed by atoms with van der Waals surface area (Å²) in [6.45, 7) is 8.45. The summed E-state index contributed by atoms with van der Waals surface area (Å²) in [7, 11) is 0. The molecule has 106 valence electrons. The fraction of sp³-hybridized carbons (Fsp3) is 0.923. The van der Waals surface area contributed by atoms with Crippen molar-refractivity contribution in [2.75, 3.05) is 32.8 Å². The minimum Gasteiger partial charge on any atom is -0.374 e. The van der Waals surface area contributed by atoms with Gasteiger partial charge in [0.1, 0.15) is 0 Å². The molecule has 0 saturated carbocycles. The van der Waals surface area contributed by atoms with E-state index in [1.54, 1.807) is 0 Å². The molecule has 0 aromatic carbocycles. The molecule has 0 radical (unpaired) electrons. The average Bonchev–Trinajstić information content (AvgIpc) is 2.42. The molecule has 0 aromatic heterocycles. The number of nitrogens with one attached hydrogen (secondary N) is 1. The van der Waals surface area contributed by atoms with Crippen LogP contribution < -0.4 is 11.1 Å². The van der Waals surface area contributed by atoms with Crippen LogP contribution in [-0.4, -0.2) is 55.7 Å². The molecule has 1 rings (SSSR count). The lowest BCUT2D eigenvalue weighted by atomic mass is 10.1. The molecule has 2 atom stereocenters. The molecule has 18 heavy (non-hydrogen) atoms. The number of rotatable bonds is 7. The minimum absolute atomic E-state index is 0.0549. The van der Waals surface area contributed by atoms with Crippen LogP contribution in [0.15, 0.2) is 0 Å². The maximum atomic E-state index is 11.7. The summed E-state index contributed by atoms with van der Waals surface area (Å²) in [6, 6.07) is -0.379. The highest BCUT2D eigenvalue weighted by Crippen LogP contribution is 2.04. The van der Waals surface area contributed by atoms with Gasteiger partial charge < -0.3 is 15.8 Å². The van der Waals surface area contributed by atoms with E-state index in [9.17, 15) is 4.79 Å². The number of morpholine rings is 1. The number of nitrogens with two attached hydrogens (primary N) is 1. The van der Waals surface area contributed by atoms with Gasteiger partial charge in [0.15, 0.2) is 0 Å². The van der Waals surface area contributed by atoms with Gasteiger partial charge in [0, 0.05) is 19.6 Å². The fourth-order valence-corrected chi connectivity index (χ4v) is 2.09. The van der Waals surface area contributed by atoms with Crippen LogP contribution in [0.4, 0.5) is 0 Å². The molecule has 1 aliphatic rings. The Kier molecular flexibility index (Phi) is 7.23. The first-order valence-corrected chi connectivity index (χ1v) is 7.04. The second-order valence-corrected chi connectivity index (χ2v) is 4.88. The van der Waals surface area contributed by atoms with Gasteiger partial charge in [0.05, 0.1) is 18.8 Å². The molecule has 5 heteroatoms. The van der Waals surface area contributed by atoms with E-state index in [2.05, 4.69) is 24.1 Å². The lowest BCUT2D eigenvalue weighted by Gasteiger charge is -2.32. The lowest BCUT2D eigenvalue weighted by molar-refractivity contribution is -0.123. The number of unbranched alkanes of at least 4 members (excludes halogenated alkanes) is 1. The number of amides is 1. The van der Waals surface area contributed by atoms with Crippen molar-refractivity contribution in [1.29, 1.82) is 0 Å². The average molecular weight is 257 g/mol. The predicted octanol–water partition coefficient (Wildman–Crippen LogP) is 0.341. The normalized spacial score (nSPS) is 22.7. The zero-order chi connectivity index (χ0) is 13.4. The Labute approximate surface area is 110 Å². The number of hydrogen-bond acceptors (Lipinski definition) is 4. The first kappa shape index (κ1) is 15.4. The van der Waals surface area contributed by atoms with E-state index in [-0.39, 0.29) is 18.1 Å². The summed E-state index contributed by atoms with van der Waals surface area (Å²) in [4.78, 5) is 14.1. The molecule has 2 unspecified atom stereocenters. The van der Waals surface area contributed by atoms with Crippen LogP contribution in [0.2, 0.25) is 0 Å². The Morgan fingerprint density at radius 3 is 3.00 bits per heavy atom. The molecule has 1 heterocycles. The van der Waals surface area contributed by atoms with Gasteiger partial charge in [0.2, 0.25) is 5.91 Å². The van der Waals surface area contributed by atoms with E-state index < -0.39 is 0 Å². The van der Waals surface area contributed by atoms with Crippen LogP contribution in [0.3, 0.4) is 0 Å². The Balaban J connectivity index is 2.21. The Morgan fingerprint density at radius 1 is 1.56 bits per heavy atom. The number of hydrogen-bond donors (Lipinski definition) is 2. The Morgan fingerprint density at radius 2 is 2.33 bits per heavy atom. The van der Waals surface area contributed by atoms with Gasteiger partial charge in [-0.15, -0.1) is 0 Å². The minimum atomic E-state index is -0.379. The summed E-state index contributed by atoms with van der Waals surface area (Å²) >= 11 is 0.